The molecule has 3 aromatic rings. The number of methoxy groups -OCH3 is 1. The van der Waals surface area contributed by atoms with E-state index in [1.54, 1.807) is 37.7 Å². The first kappa shape index (κ1) is 55.3. The van der Waals surface area contributed by atoms with Crippen LogP contribution in [-0.2, 0) is 41.6 Å². The van der Waals surface area contributed by atoms with Crippen LogP contribution in [0.3, 0.4) is 0 Å². The number of nitrogens with zero attached hydrogens (tertiary/aromatic N) is 5. The van der Waals surface area contributed by atoms with Crippen LogP contribution >= 0.6 is 0 Å². The number of carbonyl (C=O) groups excluding carboxylic acids is 6. The summed E-state index contributed by atoms with van der Waals surface area (Å²) in [7, 11) is 4.85. The highest BCUT2D eigenvalue weighted by molar-refractivity contribution is 5.94. The number of fused-ring (bicyclic) bond motifs is 2. The molecule has 0 radical (unpaired) electrons. The molecule has 20 nitrogen and oxygen atoms in total. The minimum Gasteiger partial charge on any atom is -0.467 e. The number of carbonyl (C=O) groups is 6. The number of hydrogen-bond donors (Lipinski definition) is 8. The third-order valence-electron chi connectivity index (χ3n) is 15.1. The van der Waals surface area contributed by atoms with Crippen LogP contribution in [0.4, 0.5) is 11.9 Å². The lowest BCUT2D eigenvalue weighted by Crippen LogP contribution is -2.55. The molecule has 8 unspecified atom stereocenters. The smallest absolute Gasteiger partial charge is 0.322 e. The van der Waals surface area contributed by atoms with Gasteiger partial charge < -0.3 is 57.1 Å². The van der Waals surface area contributed by atoms with Crippen molar-refractivity contribution in [1.29, 1.82) is 0 Å². The Labute approximate surface area is 435 Å². The molecule has 402 valence electrons. The van der Waals surface area contributed by atoms with Crippen LogP contribution in [0.25, 0.3) is 0 Å². The zero-order valence-corrected chi connectivity index (χ0v) is 44.0. The number of aromatic nitrogens is 3. The molecule has 8 atom stereocenters. The molecule has 2 aliphatic carbocycles. The fraction of sp³-hybridized carbons (Fsp3) is 0.611. The van der Waals surface area contributed by atoms with Crippen LogP contribution in [0.5, 0.6) is 6.01 Å². The Bertz CT molecular complexity index is 2250. The first-order chi connectivity index (χ1) is 35.9. The Morgan fingerprint density at radius 2 is 1.03 bits per heavy atom. The van der Waals surface area contributed by atoms with E-state index in [4.69, 9.17) is 4.74 Å². The molecule has 4 aliphatic rings. The van der Waals surface area contributed by atoms with E-state index in [2.05, 4.69) is 81.8 Å². The van der Waals surface area contributed by atoms with Gasteiger partial charge in [-0.1, -0.05) is 48.5 Å². The Kier molecular flexibility index (Phi) is 20.4. The Morgan fingerprint density at radius 3 is 1.45 bits per heavy atom. The molecule has 6 amide bonds. The van der Waals surface area contributed by atoms with E-state index in [0.717, 1.165) is 49.7 Å². The number of ether oxygens (including phenoxy) is 1. The van der Waals surface area contributed by atoms with Crippen molar-refractivity contribution in [3.05, 3.63) is 70.8 Å². The summed E-state index contributed by atoms with van der Waals surface area (Å²) in [5, 5.41) is 24.8. The Morgan fingerprint density at radius 1 is 0.595 bits per heavy atom. The molecule has 2 aliphatic heterocycles. The molecule has 0 bridgehead atoms. The summed E-state index contributed by atoms with van der Waals surface area (Å²) in [5.74, 6) is -0.841. The lowest BCUT2D eigenvalue weighted by molar-refractivity contribution is -0.142. The van der Waals surface area contributed by atoms with Gasteiger partial charge in [0.05, 0.1) is 31.3 Å². The summed E-state index contributed by atoms with van der Waals surface area (Å²) in [6, 6.07) is 12.4. The summed E-state index contributed by atoms with van der Waals surface area (Å²) in [6.07, 6.45) is 11.3. The van der Waals surface area contributed by atoms with Crippen molar-refractivity contribution in [3.63, 3.8) is 0 Å². The number of likely N-dealkylation sites (N-methyl/N-ethyl adjacent to an activating group) is 2. The van der Waals surface area contributed by atoms with Gasteiger partial charge in [0.2, 0.25) is 47.3 Å². The highest BCUT2D eigenvalue weighted by Crippen LogP contribution is 2.32. The van der Waals surface area contributed by atoms with E-state index >= 15 is 0 Å². The van der Waals surface area contributed by atoms with Crippen molar-refractivity contribution >= 4 is 47.3 Å². The summed E-state index contributed by atoms with van der Waals surface area (Å²) >= 11 is 0. The molecule has 2 saturated heterocycles. The van der Waals surface area contributed by atoms with Gasteiger partial charge in [-0.15, -0.1) is 0 Å². The molecule has 2 fully saturated rings. The number of anilines is 2. The molecule has 74 heavy (non-hydrogen) atoms. The number of rotatable bonds is 25. The topological polar surface area (TPSA) is 253 Å². The zero-order chi connectivity index (χ0) is 52.6. The van der Waals surface area contributed by atoms with Gasteiger partial charge in [-0.3, -0.25) is 28.8 Å². The Hall–Kier alpha value is -6.41. The third-order valence-corrected chi connectivity index (χ3v) is 15.1. The maximum Gasteiger partial charge on any atom is 0.322 e. The van der Waals surface area contributed by atoms with E-state index in [1.807, 2.05) is 24.3 Å². The second-order valence-electron chi connectivity index (χ2n) is 20.1. The van der Waals surface area contributed by atoms with Gasteiger partial charge in [-0.2, -0.15) is 15.0 Å². The average molecular weight is 1020 g/mol. The molecule has 2 aromatic carbocycles. The first-order valence-corrected chi connectivity index (χ1v) is 27.0. The third kappa shape index (κ3) is 14.5. The molecule has 1 aromatic heterocycles. The van der Waals surface area contributed by atoms with E-state index in [1.165, 1.54) is 18.2 Å². The van der Waals surface area contributed by atoms with Crippen molar-refractivity contribution in [3.8, 4) is 6.01 Å². The first-order valence-electron chi connectivity index (χ1n) is 27.0. The highest BCUT2D eigenvalue weighted by Gasteiger charge is 2.40. The van der Waals surface area contributed by atoms with Crippen molar-refractivity contribution in [2.24, 2.45) is 0 Å². The number of aryl methyl sites for hydroxylation is 2. The predicted octanol–water partition coefficient (Wildman–Crippen LogP) is 3.60. The molecular weight excluding hydrogens is 943 g/mol. The van der Waals surface area contributed by atoms with Gasteiger partial charge in [-0.05, 0) is 153 Å². The van der Waals surface area contributed by atoms with Crippen LogP contribution in [0.15, 0.2) is 48.5 Å². The second-order valence-corrected chi connectivity index (χ2v) is 20.1. The number of likely N-dealkylation sites (tertiary alicyclic amines) is 2. The van der Waals surface area contributed by atoms with Gasteiger partial charge in [0, 0.05) is 26.2 Å². The van der Waals surface area contributed by atoms with Crippen molar-refractivity contribution in [2.75, 3.05) is 58.0 Å². The van der Waals surface area contributed by atoms with Crippen LogP contribution < -0.4 is 47.3 Å². The number of nitrogens with one attached hydrogen (secondary N) is 8. The molecule has 3 heterocycles. The van der Waals surface area contributed by atoms with Gasteiger partial charge >= 0.3 is 6.01 Å². The molecule has 20 heteroatoms. The minimum atomic E-state index is -0.814. The quantitative estimate of drug-likeness (QED) is 0.0565. The fourth-order valence-corrected chi connectivity index (χ4v) is 10.7. The molecule has 0 saturated carbocycles. The molecule has 8 N–H and O–H groups in total. The second kappa shape index (κ2) is 27.2. The highest BCUT2D eigenvalue weighted by atomic mass is 16.5. The summed E-state index contributed by atoms with van der Waals surface area (Å²) in [4.78, 5) is 98.9. The maximum absolute atomic E-state index is 14.2. The summed E-state index contributed by atoms with van der Waals surface area (Å²) in [5.41, 5.74) is 4.77. The van der Waals surface area contributed by atoms with E-state index < -0.39 is 36.3 Å². The van der Waals surface area contributed by atoms with Crippen LogP contribution in [0.2, 0.25) is 0 Å². The minimum absolute atomic E-state index is 0.0977. The maximum atomic E-state index is 14.2. The van der Waals surface area contributed by atoms with Crippen LogP contribution in [-0.4, -0.2) is 144 Å². The van der Waals surface area contributed by atoms with Crippen molar-refractivity contribution < 1.29 is 33.5 Å². The monoisotopic (exact) mass is 1020 g/mol. The van der Waals surface area contributed by atoms with Crippen molar-refractivity contribution in [2.45, 2.75) is 165 Å². The van der Waals surface area contributed by atoms with Gasteiger partial charge in [-0.25, -0.2) is 0 Å². The van der Waals surface area contributed by atoms with Gasteiger partial charge in [0.25, 0.3) is 0 Å². The predicted molar refractivity (Wildman–Crippen MR) is 282 cm³/mol. The van der Waals surface area contributed by atoms with Gasteiger partial charge in [0.1, 0.15) is 24.2 Å². The number of amides is 6. The number of benzene rings is 2. The van der Waals surface area contributed by atoms with E-state index in [0.29, 0.717) is 102 Å². The number of unbranched alkanes of at least 4 members (excludes halogenated alkanes) is 2. The summed E-state index contributed by atoms with van der Waals surface area (Å²) in [6.45, 7) is 5.26. The van der Waals surface area contributed by atoms with Crippen molar-refractivity contribution in [1.82, 2.24) is 56.7 Å². The standard InChI is InChI=1S/C54H79N13O7/c1-34(55-3)46(68)61-42(50(72)66-32-16-28-44(66)48(70)59-40-26-14-20-36-18-6-8-22-38(36)40)24-10-12-30-57-52-63-53(65-54(64-52)74-5)58-31-13-11-25-43(62-47(69)35(2)56-4)51(73)67-33-17-29-45(67)49(71)60-41-27-15-21-37-19-7-9-23-39(37)41/h6-9,18-19,22-23,34-35,40-45,55-56H,10-17,20-21,24-33H2,1-5H3,(H,59,70)(H,60,71)(H,61,68)(H,62,69)(H2,57,58,63,64,65). The Balaban J connectivity index is 0.893. The lowest BCUT2D eigenvalue weighted by atomic mass is 9.87. The van der Waals surface area contributed by atoms with Gasteiger partial charge in [0.15, 0.2) is 0 Å². The van der Waals surface area contributed by atoms with Crippen LogP contribution in [0.1, 0.15) is 138 Å². The normalized spacial score (nSPS) is 20.7. The van der Waals surface area contributed by atoms with Crippen LogP contribution in [0, 0.1) is 0 Å². The number of hydrogen-bond acceptors (Lipinski definition) is 14. The molecule has 0 spiro atoms. The fourth-order valence-electron chi connectivity index (χ4n) is 10.7. The SMILES string of the molecule is CNC(C)C(=O)NC(CCCCNc1nc(NCCCCC(NC(=O)C(C)NC)C(=O)N2CCCC2C(=O)NC2CCCc3ccccc32)nc(OC)n1)C(=O)N1CCCC1C(=O)NC1CCCc2ccccc21. The average Bonchev–Trinajstić information content (AvgIpc) is 4.13. The molecule has 7 rings (SSSR count). The van der Waals surface area contributed by atoms with E-state index in [-0.39, 0.29) is 53.5 Å². The van der Waals surface area contributed by atoms with E-state index in [9.17, 15) is 28.8 Å². The summed E-state index contributed by atoms with van der Waals surface area (Å²) < 4.78 is 5.39. The largest absolute Gasteiger partial charge is 0.467 e. The lowest BCUT2D eigenvalue weighted by Gasteiger charge is -2.32. The zero-order valence-electron chi connectivity index (χ0n) is 44.0. The molecular formula is C54H79N13O7.